The van der Waals surface area contributed by atoms with Crippen molar-refractivity contribution < 1.29 is 14.6 Å². The molecule has 4 aromatic heterocycles. The predicted octanol–water partition coefficient (Wildman–Crippen LogP) is 5.09. The molecule has 0 saturated heterocycles. The average Bonchev–Trinajstić information content (AvgIpc) is 3.37. The van der Waals surface area contributed by atoms with E-state index < -0.39 is 5.97 Å². The number of hydrogen-bond acceptors (Lipinski definition) is 9. The number of nitrogens with zero attached hydrogens (tertiary/aromatic N) is 6. The van der Waals surface area contributed by atoms with Gasteiger partial charge in [-0.3, -0.25) is 19.3 Å². The molecular weight excluding hydrogens is 576 g/mol. The fourth-order valence-corrected chi connectivity index (χ4v) is 6.02. The first-order valence-electron chi connectivity index (χ1n) is 13.1. The van der Waals surface area contributed by atoms with Gasteiger partial charge in [-0.2, -0.15) is 5.26 Å². The van der Waals surface area contributed by atoms with E-state index in [-0.39, 0.29) is 35.2 Å². The molecule has 214 valence electrons. The number of thiophene rings is 1. The summed E-state index contributed by atoms with van der Waals surface area (Å²) in [4.78, 5) is 40.8. The molecule has 0 amide bonds. The fourth-order valence-electron chi connectivity index (χ4n) is 4.84. The molecule has 4 heterocycles. The number of aromatic nitrogens is 4. The highest BCUT2D eigenvalue weighted by atomic mass is 35.5. The van der Waals surface area contributed by atoms with E-state index in [0.29, 0.717) is 62.2 Å². The van der Waals surface area contributed by atoms with Gasteiger partial charge in [-0.15, -0.1) is 11.3 Å². The normalized spacial score (nSPS) is 11.4. The van der Waals surface area contributed by atoms with Crippen molar-refractivity contribution in [3.8, 4) is 22.9 Å². The maximum atomic E-state index is 13.6. The number of halogens is 1. The molecule has 5 aromatic rings. The van der Waals surface area contributed by atoms with Crippen molar-refractivity contribution in [2.24, 2.45) is 0 Å². The highest BCUT2D eigenvalue weighted by molar-refractivity contribution is 7.18. The molecule has 1 aromatic carbocycles. The number of carboxylic acid groups (broad SMARTS) is 1. The Balaban J connectivity index is 1.49. The van der Waals surface area contributed by atoms with Crippen molar-refractivity contribution in [1.82, 2.24) is 24.4 Å². The Morgan fingerprint density at radius 2 is 2.00 bits per heavy atom. The van der Waals surface area contributed by atoms with E-state index in [1.165, 1.54) is 15.9 Å². The maximum Gasteiger partial charge on any atom is 0.338 e. The molecule has 0 spiro atoms. The molecule has 0 aliphatic rings. The van der Waals surface area contributed by atoms with Gasteiger partial charge >= 0.3 is 5.97 Å². The van der Waals surface area contributed by atoms with Crippen LogP contribution in [0.3, 0.4) is 0 Å². The van der Waals surface area contributed by atoms with Crippen LogP contribution in [0.25, 0.3) is 32.2 Å². The SMILES string of the molecule is Cc1cc(-c2cc(Cl)ccc2OCCn2c(C)nc3cnc(CCN(C)C)c(C#N)c3c2=O)c2scc(C(=O)O)c2n1. The molecule has 0 aliphatic heterocycles. The lowest BCUT2D eigenvalue weighted by molar-refractivity contribution is 0.0699. The summed E-state index contributed by atoms with van der Waals surface area (Å²) in [6.07, 6.45) is 2.08. The summed E-state index contributed by atoms with van der Waals surface area (Å²) in [5, 5.41) is 21.9. The van der Waals surface area contributed by atoms with Gasteiger partial charge in [0, 0.05) is 40.2 Å². The number of ether oxygens (including phenoxy) is 1. The number of fused-ring (bicyclic) bond motifs is 2. The third-order valence-corrected chi connectivity index (χ3v) is 8.10. The summed E-state index contributed by atoms with van der Waals surface area (Å²) in [6, 6.07) is 9.26. The zero-order valence-electron chi connectivity index (χ0n) is 23.4. The molecule has 0 radical (unpaired) electrons. The lowest BCUT2D eigenvalue weighted by Gasteiger charge is -2.16. The molecule has 10 nitrogen and oxygen atoms in total. The first kappa shape index (κ1) is 29.1. The summed E-state index contributed by atoms with van der Waals surface area (Å²) in [6.45, 7) is 4.53. The topological polar surface area (TPSA) is 134 Å². The van der Waals surface area contributed by atoms with Gasteiger partial charge in [0.05, 0.1) is 50.7 Å². The van der Waals surface area contributed by atoms with Crippen LogP contribution in [0, 0.1) is 25.2 Å². The van der Waals surface area contributed by atoms with Crippen LogP contribution in [-0.4, -0.2) is 62.7 Å². The van der Waals surface area contributed by atoms with Gasteiger partial charge in [-0.25, -0.2) is 9.78 Å². The number of carbonyl (C=O) groups is 1. The van der Waals surface area contributed by atoms with E-state index in [1.54, 1.807) is 43.6 Å². The molecule has 0 bridgehead atoms. The molecular formula is C30H27ClN6O4S. The van der Waals surface area contributed by atoms with Crippen molar-refractivity contribution in [1.29, 1.82) is 5.26 Å². The number of nitriles is 1. The minimum Gasteiger partial charge on any atom is -0.491 e. The van der Waals surface area contributed by atoms with E-state index >= 15 is 0 Å². The predicted molar refractivity (Wildman–Crippen MR) is 163 cm³/mol. The highest BCUT2D eigenvalue weighted by Gasteiger charge is 2.20. The van der Waals surface area contributed by atoms with Crippen LogP contribution in [0.2, 0.25) is 5.02 Å². The molecule has 42 heavy (non-hydrogen) atoms. The van der Waals surface area contributed by atoms with Gasteiger partial charge in [0.25, 0.3) is 5.56 Å². The van der Waals surface area contributed by atoms with Crippen molar-refractivity contribution in [3.63, 3.8) is 0 Å². The second kappa shape index (κ2) is 11.9. The Kier molecular flexibility index (Phi) is 8.22. The molecule has 0 atom stereocenters. The minimum absolute atomic E-state index is 0.126. The first-order valence-corrected chi connectivity index (χ1v) is 14.3. The summed E-state index contributed by atoms with van der Waals surface area (Å²) in [5.41, 5.74) is 3.50. The van der Waals surface area contributed by atoms with Crippen LogP contribution in [0.1, 0.15) is 33.1 Å². The van der Waals surface area contributed by atoms with Gasteiger partial charge in [-0.1, -0.05) is 11.6 Å². The van der Waals surface area contributed by atoms with Crippen molar-refractivity contribution in [2.45, 2.75) is 26.8 Å². The van der Waals surface area contributed by atoms with E-state index in [1.807, 2.05) is 25.1 Å². The number of aromatic carboxylic acids is 1. The second-order valence-electron chi connectivity index (χ2n) is 10.1. The zero-order valence-corrected chi connectivity index (χ0v) is 25.0. The smallest absolute Gasteiger partial charge is 0.338 e. The van der Waals surface area contributed by atoms with Gasteiger partial charge in [0.2, 0.25) is 0 Å². The van der Waals surface area contributed by atoms with Gasteiger partial charge in [0.1, 0.15) is 24.3 Å². The summed E-state index contributed by atoms with van der Waals surface area (Å²) >= 11 is 7.66. The van der Waals surface area contributed by atoms with Crippen LogP contribution in [0.15, 0.2) is 40.6 Å². The average molecular weight is 603 g/mol. The number of benzene rings is 1. The lowest BCUT2D eigenvalue weighted by atomic mass is 10.0. The number of aryl methyl sites for hydroxylation is 2. The van der Waals surface area contributed by atoms with Crippen molar-refractivity contribution in [2.75, 3.05) is 27.2 Å². The van der Waals surface area contributed by atoms with Crippen LogP contribution in [0.5, 0.6) is 5.75 Å². The maximum absolute atomic E-state index is 13.6. The van der Waals surface area contributed by atoms with Crippen LogP contribution in [0.4, 0.5) is 0 Å². The van der Waals surface area contributed by atoms with E-state index in [0.717, 1.165) is 5.56 Å². The van der Waals surface area contributed by atoms with Gasteiger partial charge in [-0.05, 0) is 52.2 Å². The minimum atomic E-state index is -1.04. The zero-order chi connectivity index (χ0) is 30.1. The molecule has 1 N–H and O–H groups in total. The van der Waals surface area contributed by atoms with E-state index in [2.05, 4.69) is 21.0 Å². The molecule has 5 rings (SSSR count). The summed E-state index contributed by atoms with van der Waals surface area (Å²) < 4.78 is 8.41. The van der Waals surface area contributed by atoms with Crippen molar-refractivity contribution >= 4 is 50.0 Å². The van der Waals surface area contributed by atoms with Crippen molar-refractivity contribution in [3.05, 3.63) is 79.6 Å². The molecule has 0 aliphatic carbocycles. The summed E-state index contributed by atoms with van der Waals surface area (Å²) in [5.74, 6) is -0.0489. The number of pyridine rings is 2. The van der Waals surface area contributed by atoms with E-state index in [4.69, 9.17) is 16.3 Å². The van der Waals surface area contributed by atoms with Gasteiger partial charge in [0.15, 0.2) is 0 Å². The third kappa shape index (κ3) is 5.56. The van der Waals surface area contributed by atoms with Crippen LogP contribution < -0.4 is 10.3 Å². The quantitative estimate of drug-likeness (QED) is 0.245. The Labute approximate surface area is 250 Å². The molecule has 0 unspecified atom stereocenters. The molecule has 12 heteroatoms. The van der Waals surface area contributed by atoms with Crippen LogP contribution >= 0.6 is 22.9 Å². The number of rotatable bonds is 9. The molecule has 0 fully saturated rings. The monoisotopic (exact) mass is 602 g/mol. The fraction of sp³-hybridized carbons (Fsp3) is 0.267. The van der Waals surface area contributed by atoms with E-state index in [9.17, 15) is 20.0 Å². The summed E-state index contributed by atoms with van der Waals surface area (Å²) in [7, 11) is 3.87. The third-order valence-electron chi connectivity index (χ3n) is 6.86. The second-order valence-corrected chi connectivity index (χ2v) is 11.4. The van der Waals surface area contributed by atoms with Gasteiger partial charge < -0.3 is 14.7 Å². The lowest BCUT2D eigenvalue weighted by Crippen LogP contribution is -2.27. The van der Waals surface area contributed by atoms with Crippen LogP contribution in [-0.2, 0) is 13.0 Å². The largest absolute Gasteiger partial charge is 0.491 e. The first-order chi connectivity index (χ1) is 20.1. The standard InChI is InChI=1S/C30H27ClN6O4S/c1-16-11-20(28-27(34-16)22(15-42-28)30(39)40)19-12-18(31)5-6-25(19)41-10-9-37-17(2)35-24-14-33-23(7-8-36(3)4)21(13-32)26(24)29(37)38/h5-6,11-12,14-15H,7-10H2,1-4H3,(H,39,40). The Morgan fingerprint density at radius 1 is 1.21 bits per heavy atom. The number of hydrogen-bond donors (Lipinski definition) is 1. The highest BCUT2D eigenvalue weighted by Crippen LogP contribution is 2.40. The Bertz CT molecular complexity index is 1960. The number of likely N-dealkylation sites (N-methyl/N-ethyl adjacent to an activating group) is 1. The Morgan fingerprint density at radius 3 is 2.71 bits per heavy atom. The Hall–Kier alpha value is -4.37. The molecule has 0 saturated carbocycles. The number of carboxylic acids is 1.